The van der Waals surface area contributed by atoms with E-state index in [1.807, 2.05) is 0 Å². The van der Waals surface area contributed by atoms with E-state index in [1.54, 1.807) is 0 Å². The first-order valence-corrected chi connectivity index (χ1v) is 7.00. The Kier molecular flexibility index (Phi) is 3.79. The summed E-state index contributed by atoms with van der Waals surface area (Å²) in [4.78, 5) is 2.18. The molecule has 0 fully saturated rings. The van der Waals surface area contributed by atoms with Crippen molar-refractivity contribution in [3.05, 3.63) is 58.7 Å². The zero-order chi connectivity index (χ0) is 17.7. The first-order valence-electron chi connectivity index (χ1n) is 6.63. The van der Waals surface area contributed by atoms with E-state index in [9.17, 15) is 26.3 Å². The monoisotopic (exact) mass is 363 g/mol. The van der Waals surface area contributed by atoms with Crippen LogP contribution in [0.5, 0.6) is 0 Å². The first kappa shape index (κ1) is 16.7. The van der Waals surface area contributed by atoms with Gasteiger partial charge < -0.3 is 4.98 Å². The van der Waals surface area contributed by atoms with Crippen molar-refractivity contribution in [3.8, 4) is 11.1 Å². The van der Waals surface area contributed by atoms with E-state index in [2.05, 4.69) is 4.98 Å². The normalized spacial score (nSPS) is 12.8. The van der Waals surface area contributed by atoms with Crippen LogP contribution in [0.3, 0.4) is 0 Å². The van der Waals surface area contributed by atoms with Gasteiger partial charge in [-0.3, -0.25) is 0 Å². The fourth-order valence-corrected chi connectivity index (χ4v) is 2.62. The fraction of sp³-hybridized carbons (Fsp3) is 0.125. The van der Waals surface area contributed by atoms with E-state index >= 15 is 0 Å². The molecule has 0 atom stereocenters. The van der Waals surface area contributed by atoms with Crippen molar-refractivity contribution in [2.45, 2.75) is 12.4 Å². The van der Waals surface area contributed by atoms with Crippen LogP contribution in [0.4, 0.5) is 26.3 Å². The van der Waals surface area contributed by atoms with Crippen LogP contribution in [0.2, 0.25) is 5.02 Å². The molecular formula is C16H8ClF6N. The second-order valence-electron chi connectivity index (χ2n) is 5.17. The molecule has 8 heteroatoms. The van der Waals surface area contributed by atoms with Crippen LogP contribution in [-0.4, -0.2) is 4.98 Å². The number of hydrogen-bond acceptors (Lipinski definition) is 0. The Morgan fingerprint density at radius 2 is 1.50 bits per heavy atom. The van der Waals surface area contributed by atoms with Crippen molar-refractivity contribution in [1.82, 2.24) is 4.98 Å². The third-order valence-corrected chi connectivity index (χ3v) is 3.76. The number of aromatic nitrogens is 1. The van der Waals surface area contributed by atoms with E-state index in [0.717, 1.165) is 12.1 Å². The van der Waals surface area contributed by atoms with Crippen molar-refractivity contribution < 1.29 is 26.3 Å². The Bertz CT molecular complexity index is 907. The van der Waals surface area contributed by atoms with Gasteiger partial charge in [0.25, 0.3) is 0 Å². The number of halogens is 7. The average molecular weight is 364 g/mol. The van der Waals surface area contributed by atoms with Gasteiger partial charge in [-0.05, 0) is 35.4 Å². The zero-order valence-electron chi connectivity index (χ0n) is 11.7. The van der Waals surface area contributed by atoms with Gasteiger partial charge in [-0.15, -0.1) is 0 Å². The summed E-state index contributed by atoms with van der Waals surface area (Å²) in [5.74, 6) is 0. The summed E-state index contributed by atoms with van der Waals surface area (Å²) in [6, 6.07) is 8.12. The van der Waals surface area contributed by atoms with Crippen LogP contribution in [0.1, 0.15) is 11.3 Å². The maximum atomic E-state index is 13.2. The molecule has 1 nitrogen and oxygen atoms in total. The minimum atomic E-state index is -4.64. The molecule has 0 bridgehead atoms. The molecule has 0 aliphatic carbocycles. The Morgan fingerprint density at radius 1 is 0.792 bits per heavy atom. The van der Waals surface area contributed by atoms with Gasteiger partial charge in [-0.1, -0.05) is 29.8 Å². The second-order valence-corrected chi connectivity index (χ2v) is 5.61. The lowest BCUT2D eigenvalue weighted by atomic mass is 9.98. The molecule has 2 aromatic carbocycles. The van der Waals surface area contributed by atoms with Crippen LogP contribution >= 0.6 is 11.6 Å². The summed E-state index contributed by atoms with van der Waals surface area (Å²) in [6.07, 6.45) is -9.20. The Labute approximate surface area is 136 Å². The summed E-state index contributed by atoms with van der Waals surface area (Å²) in [5.41, 5.74) is -1.82. The number of H-pyrrole nitrogens is 1. The molecular weight excluding hydrogens is 356 g/mol. The highest BCUT2D eigenvalue weighted by Crippen LogP contribution is 2.39. The van der Waals surface area contributed by atoms with Crippen molar-refractivity contribution in [1.29, 1.82) is 0 Å². The predicted molar refractivity (Wildman–Crippen MR) is 78.7 cm³/mol. The molecule has 0 aliphatic heterocycles. The molecule has 0 saturated carbocycles. The molecule has 0 unspecified atom stereocenters. The maximum Gasteiger partial charge on any atom is 0.431 e. The fourth-order valence-electron chi connectivity index (χ4n) is 2.45. The molecule has 3 aromatic rings. The third-order valence-electron chi connectivity index (χ3n) is 3.53. The van der Waals surface area contributed by atoms with Crippen LogP contribution in [0, 0.1) is 0 Å². The lowest BCUT2D eigenvalue weighted by Crippen LogP contribution is -2.07. The second kappa shape index (κ2) is 5.44. The zero-order valence-corrected chi connectivity index (χ0v) is 12.4. The standard InChI is InChI=1S/C16H8ClF6N/c17-10-3-4-11(12(7-10)15(18,19)20)8-1-2-9-6-14(16(21,22)23)24-13(9)5-8/h1-7,24H. The highest BCUT2D eigenvalue weighted by Gasteiger charge is 2.34. The van der Waals surface area contributed by atoms with Gasteiger partial charge in [-0.2, -0.15) is 26.3 Å². The third kappa shape index (κ3) is 3.08. The summed E-state index contributed by atoms with van der Waals surface area (Å²) in [5, 5.41) is 0.181. The number of fused-ring (bicyclic) bond motifs is 1. The van der Waals surface area contributed by atoms with Crippen LogP contribution in [-0.2, 0) is 12.4 Å². The molecule has 0 saturated heterocycles. The van der Waals surface area contributed by atoms with Gasteiger partial charge >= 0.3 is 12.4 Å². The quantitative estimate of drug-likeness (QED) is 0.473. The molecule has 3 rings (SSSR count). The molecule has 0 radical (unpaired) electrons. The van der Waals surface area contributed by atoms with Gasteiger partial charge in [0, 0.05) is 15.9 Å². The number of benzene rings is 2. The van der Waals surface area contributed by atoms with Crippen molar-refractivity contribution in [2.75, 3.05) is 0 Å². The average Bonchev–Trinajstić information content (AvgIpc) is 2.89. The molecule has 0 amide bonds. The van der Waals surface area contributed by atoms with E-state index in [1.165, 1.54) is 30.3 Å². The topological polar surface area (TPSA) is 15.8 Å². The SMILES string of the molecule is FC(F)(F)c1cc2ccc(-c3ccc(Cl)cc3C(F)(F)F)cc2[nH]1. The first-order chi connectivity index (χ1) is 11.1. The minimum absolute atomic E-state index is 0.0774. The van der Waals surface area contributed by atoms with E-state index in [4.69, 9.17) is 11.6 Å². The maximum absolute atomic E-state index is 13.2. The smallest absolute Gasteiger partial charge is 0.351 e. The number of alkyl halides is 6. The van der Waals surface area contributed by atoms with Crippen molar-refractivity contribution in [2.24, 2.45) is 0 Å². The lowest BCUT2D eigenvalue weighted by Gasteiger charge is -2.13. The van der Waals surface area contributed by atoms with E-state index in [-0.39, 0.29) is 27.1 Å². The Balaban J connectivity index is 2.17. The highest BCUT2D eigenvalue weighted by molar-refractivity contribution is 6.30. The van der Waals surface area contributed by atoms with Crippen LogP contribution in [0.25, 0.3) is 22.0 Å². The Morgan fingerprint density at radius 3 is 2.12 bits per heavy atom. The molecule has 126 valence electrons. The van der Waals surface area contributed by atoms with Gasteiger partial charge in [0.2, 0.25) is 0 Å². The summed E-state index contributed by atoms with van der Waals surface area (Å²) < 4.78 is 77.7. The summed E-state index contributed by atoms with van der Waals surface area (Å²) in [6.45, 7) is 0. The van der Waals surface area contributed by atoms with Crippen molar-refractivity contribution in [3.63, 3.8) is 0 Å². The number of hydrogen-bond donors (Lipinski definition) is 1. The number of nitrogens with one attached hydrogen (secondary N) is 1. The minimum Gasteiger partial charge on any atom is -0.351 e. The number of aromatic amines is 1. The van der Waals surface area contributed by atoms with Gasteiger partial charge in [0.1, 0.15) is 5.69 Å². The van der Waals surface area contributed by atoms with Crippen molar-refractivity contribution >= 4 is 22.5 Å². The summed E-state index contributed by atoms with van der Waals surface area (Å²) >= 11 is 5.63. The van der Waals surface area contributed by atoms with E-state index in [0.29, 0.717) is 0 Å². The highest BCUT2D eigenvalue weighted by atomic mass is 35.5. The largest absolute Gasteiger partial charge is 0.431 e. The molecule has 1 aromatic heterocycles. The predicted octanol–water partition coefficient (Wildman–Crippen LogP) is 6.53. The summed E-state index contributed by atoms with van der Waals surface area (Å²) in [7, 11) is 0. The van der Waals surface area contributed by atoms with Gasteiger partial charge in [0.05, 0.1) is 5.56 Å². The molecule has 0 aliphatic rings. The Hall–Kier alpha value is -2.15. The van der Waals surface area contributed by atoms with Crippen LogP contribution in [0.15, 0.2) is 42.5 Å². The number of rotatable bonds is 1. The molecule has 1 heterocycles. The van der Waals surface area contributed by atoms with E-state index < -0.39 is 23.6 Å². The lowest BCUT2D eigenvalue weighted by molar-refractivity contribution is -0.140. The molecule has 1 N–H and O–H groups in total. The van der Waals surface area contributed by atoms with Gasteiger partial charge in [0.15, 0.2) is 0 Å². The molecule has 0 spiro atoms. The van der Waals surface area contributed by atoms with Gasteiger partial charge in [-0.25, -0.2) is 0 Å². The van der Waals surface area contributed by atoms with Crippen LogP contribution < -0.4 is 0 Å². The molecule has 24 heavy (non-hydrogen) atoms.